The molecule has 1 aliphatic heterocycles. The first kappa shape index (κ1) is 16.3. The monoisotopic (exact) mass is 272 g/mol. The lowest BCUT2D eigenvalue weighted by Gasteiger charge is -2.44. The van der Waals surface area contributed by atoms with Gasteiger partial charge in [0.25, 0.3) is 0 Å². The highest BCUT2D eigenvalue weighted by atomic mass is 32.2. The van der Waals surface area contributed by atoms with E-state index < -0.39 is 0 Å². The van der Waals surface area contributed by atoms with Crippen molar-refractivity contribution < 1.29 is 0 Å². The van der Waals surface area contributed by atoms with Gasteiger partial charge in [-0.05, 0) is 56.7 Å². The van der Waals surface area contributed by atoms with E-state index in [0.717, 1.165) is 23.9 Å². The van der Waals surface area contributed by atoms with Gasteiger partial charge in [0.2, 0.25) is 0 Å². The van der Waals surface area contributed by atoms with Crippen LogP contribution in [0.1, 0.15) is 40.5 Å². The van der Waals surface area contributed by atoms with Gasteiger partial charge in [0.1, 0.15) is 0 Å². The van der Waals surface area contributed by atoms with Crippen LogP contribution in [0.2, 0.25) is 0 Å². The normalized spacial score (nSPS) is 31.5. The van der Waals surface area contributed by atoms with Gasteiger partial charge in [0.15, 0.2) is 0 Å². The van der Waals surface area contributed by atoms with Crippen LogP contribution in [0, 0.1) is 11.8 Å². The quantitative estimate of drug-likeness (QED) is 0.767. The summed E-state index contributed by atoms with van der Waals surface area (Å²) in [5.41, 5.74) is 0. The topological polar surface area (TPSA) is 15.3 Å². The SMILES string of the molecule is CCCNC1CCN(CC(C)CSC)C(C)C1C. The maximum atomic E-state index is 3.72. The van der Waals surface area contributed by atoms with E-state index in [1.807, 2.05) is 11.8 Å². The molecular weight excluding hydrogens is 240 g/mol. The average Bonchev–Trinajstić information content (AvgIpc) is 2.34. The van der Waals surface area contributed by atoms with E-state index in [1.165, 1.54) is 38.2 Å². The van der Waals surface area contributed by atoms with Gasteiger partial charge < -0.3 is 5.32 Å². The Morgan fingerprint density at radius 2 is 2.11 bits per heavy atom. The molecule has 1 fully saturated rings. The highest BCUT2D eigenvalue weighted by Gasteiger charge is 2.32. The fourth-order valence-electron chi connectivity index (χ4n) is 3.05. The summed E-state index contributed by atoms with van der Waals surface area (Å²) in [6, 6.07) is 1.45. The van der Waals surface area contributed by atoms with Gasteiger partial charge in [0.05, 0.1) is 0 Å². The first-order valence-corrected chi connectivity index (χ1v) is 8.95. The second kappa shape index (κ2) is 8.44. The number of hydrogen-bond acceptors (Lipinski definition) is 3. The lowest BCUT2D eigenvalue weighted by molar-refractivity contribution is 0.0753. The Hall–Kier alpha value is 0.270. The minimum atomic E-state index is 0.720. The van der Waals surface area contributed by atoms with Crippen molar-refractivity contribution in [1.82, 2.24) is 10.2 Å². The van der Waals surface area contributed by atoms with E-state index in [1.54, 1.807) is 0 Å². The van der Waals surface area contributed by atoms with Gasteiger partial charge >= 0.3 is 0 Å². The van der Waals surface area contributed by atoms with Crippen LogP contribution in [0.5, 0.6) is 0 Å². The second-order valence-electron chi connectivity index (χ2n) is 6.00. The van der Waals surface area contributed by atoms with Crippen LogP contribution in [0.15, 0.2) is 0 Å². The molecule has 3 heteroatoms. The predicted molar refractivity (Wildman–Crippen MR) is 84.4 cm³/mol. The number of nitrogens with one attached hydrogen (secondary N) is 1. The van der Waals surface area contributed by atoms with Crippen molar-refractivity contribution in [3.05, 3.63) is 0 Å². The molecule has 0 aromatic carbocycles. The highest BCUT2D eigenvalue weighted by molar-refractivity contribution is 7.98. The zero-order chi connectivity index (χ0) is 13.5. The number of hydrogen-bond donors (Lipinski definition) is 1. The summed E-state index contributed by atoms with van der Waals surface area (Å²) < 4.78 is 0. The summed E-state index contributed by atoms with van der Waals surface area (Å²) in [6.07, 6.45) is 4.77. The smallest absolute Gasteiger partial charge is 0.0120 e. The molecule has 1 aliphatic rings. The van der Waals surface area contributed by atoms with E-state index in [4.69, 9.17) is 0 Å². The summed E-state index contributed by atoms with van der Waals surface area (Å²) >= 11 is 1.97. The Kier molecular flexibility index (Phi) is 7.66. The zero-order valence-corrected chi connectivity index (χ0v) is 13.7. The van der Waals surface area contributed by atoms with E-state index in [0.29, 0.717) is 0 Å². The molecule has 4 atom stereocenters. The molecule has 0 amide bonds. The molecule has 2 nitrogen and oxygen atoms in total. The molecule has 0 saturated carbocycles. The van der Waals surface area contributed by atoms with E-state index in [2.05, 4.69) is 44.2 Å². The van der Waals surface area contributed by atoms with Crippen molar-refractivity contribution in [2.45, 2.75) is 52.6 Å². The van der Waals surface area contributed by atoms with Crippen molar-refractivity contribution in [3.63, 3.8) is 0 Å². The molecule has 4 unspecified atom stereocenters. The van der Waals surface area contributed by atoms with Crippen molar-refractivity contribution in [2.75, 3.05) is 31.6 Å². The third-order valence-electron chi connectivity index (χ3n) is 4.35. The molecule has 0 aromatic heterocycles. The van der Waals surface area contributed by atoms with Crippen LogP contribution in [0.4, 0.5) is 0 Å². The van der Waals surface area contributed by atoms with E-state index >= 15 is 0 Å². The fourth-order valence-corrected chi connectivity index (χ4v) is 3.73. The number of likely N-dealkylation sites (tertiary alicyclic amines) is 1. The Morgan fingerprint density at radius 3 is 2.72 bits per heavy atom. The van der Waals surface area contributed by atoms with Crippen LogP contribution in [-0.4, -0.2) is 48.6 Å². The molecule has 0 bridgehead atoms. The minimum Gasteiger partial charge on any atom is -0.314 e. The molecular formula is C15H32N2S. The van der Waals surface area contributed by atoms with Crippen molar-refractivity contribution in [3.8, 4) is 0 Å². The maximum Gasteiger partial charge on any atom is 0.0120 e. The number of piperidine rings is 1. The molecule has 0 aliphatic carbocycles. The first-order valence-electron chi connectivity index (χ1n) is 7.56. The lowest BCUT2D eigenvalue weighted by atomic mass is 9.86. The third-order valence-corrected chi connectivity index (χ3v) is 5.26. The molecule has 1 N–H and O–H groups in total. The van der Waals surface area contributed by atoms with Crippen molar-refractivity contribution in [2.24, 2.45) is 11.8 Å². The Morgan fingerprint density at radius 1 is 1.39 bits per heavy atom. The van der Waals surface area contributed by atoms with Crippen LogP contribution >= 0.6 is 11.8 Å². The fraction of sp³-hybridized carbons (Fsp3) is 1.00. The van der Waals surface area contributed by atoms with E-state index in [-0.39, 0.29) is 0 Å². The summed E-state index contributed by atoms with van der Waals surface area (Å²) in [7, 11) is 0. The number of nitrogens with zero attached hydrogens (tertiary/aromatic N) is 1. The first-order chi connectivity index (χ1) is 8.60. The van der Waals surface area contributed by atoms with E-state index in [9.17, 15) is 0 Å². The predicted octanol–water partition coefficient (Wildman–Crippen LogP) is 3.08. The Labute approximate surface area is 118 Å². The Balaban J connectivity index is 2.42. The van der Waals surface area contributed by atoms with Crippen LogP contribution < -0.4 is 5.32 Å². The summed E-state index contributed by atoms with van der Waals surface area (Å²) in [5.74, 6) is 2.87. The molecule has 0 radical (unpaired) electrons. The standard InChI is InChI=1S/C15H32N2S/c1-6-8-16-15-7-9-17(14(4)13(15)3)10-12(2)11-18-5/h12-16H,6-11H2,1-5H3. The van der Waals surface area contributed by atoms with Crippen molar-refractivity contribution in [1.29, 1.82) is 0 Å². The van der Waals surface area contributed by atoms with Crippen molar-refractivity contribution >= 4 is 11.8 Å². The molecule has 1 rings (SSSR count). The maximum absolute atomic E-state index is 3.72. The van der Waals surface area contributed by atoms with Gasteiger partial charge in [-0.25, -0.2) is 0 Å². The molecule has 0 spiro atoms. The van der Waals surface area contributed by atoms with Gasteiger partial charge in [-0.3, -0.25) is 4.90 Å². The van der Waals surface area contributed by atoms with Gasteiger partial charge in [-0.2, -0.15) is 11.8 Å². The largest absolute Gasteiger partial charge is 0.314 e. The highest BCUT2D eigenvalue weighted by Crippen LogP contribution is 2.24. The van der Waals surface area contributed by atoms with Crippen LogP contribution in [0.3, 0.4) is 0 Å². The van der Waals surface area contributed by atoms with Crippen LogP contribution in [-0.2, 0) is 0 Å². The van der Waals surface area contributed by atoms with Gasteiger partial charge in [0, 0.05) is 18.6 Å². The summed E-state index contributed by atoms with van der Waals surface area (Å²) in [6.45, 7) is 13.2. The molecule has 1 heterocycles. The Bertz CT molecular complexity index is 223. The average molecular weight is 273 g/mol. The molecule has 18 heavy (non-hydrogen) atoms. The number of thioether (sulfide) groups is 1. The summed E-state index contributed by atoms with van der Waals surface area (Å²) in [5, 5.41) is 3.72. The second-order valence-corrected chi connectivity index (χ2v) is 6.92. The van der Waals surface area contributed by atoms with Gasteiger partial charge in [-0.1, -0.05) is 20.8 Å². The lowest BCUT2D eigenvalue weighted by Crippen LogP contribution is -2.54. The molecule has 108 valence electrons. The summed E-state index contributed by atoms with van der Waals surface area (Å²) in [4.78, 5) is 2.70. The van der Waals surface area contributed by atoms with Gasteiger partial charge in [-0.15, -0.1) is 0 Å². The zero-order valence-electron chi connectivity index (χ0n) is 12.9. The van der Waals surface area contributed by atoms with Crippen LogP contribution in [0.25, 0.3) is 0 Å². The third kappa shape index (κ3) is 4.75. The molecule has 0 aromatic rings. The molecule has 1 saturated heterocycles. The number of rotatable bonds is 7. The minimum absolute atomic E-state index is 0.720.